The number of nitrogens with one attached hydrogen (secondary N) is 1. The van der Waals surface area contributed by atoms with E-state index in [0.29, 0.717) is 6.04 Å². The van der Waals surface area contributed by atoms with Crippen molar-refractivity contribution in [2.24, 2.45) is 0 Å². The standard InChI is InChI=1S/C14H27N3O2/c1-5-7-13(11-19-4)17-10-12(2)16-14(17)15-8-6-9-18-3/h10,13H,5-9,11H2,1-4H3,(H,15,16). The van der Waals surface area contributed by atoms with Crippen LogP contribution in [-0.2, 0) is 9.47 Å². The predicted octanol–water partition coefficient (Wildman–Crippen LogP) is 2.63. The summed E-state index contributed by atoms with van der Waals surface area (Å²) in [5.74, 6) is 0.934. The van der Waals surface area contributed by atoms with Gasteiger partial charge in [0.1, 0.15) is 0 Å². The molecule has 0 radical (unpaired) electrons. The minimum atomic E-state index is 0.348. The summed E-state index contributed by atoms with van der Waals surface area (Å²) in [6, 6.07) is 0.348. The quantitative estimate of drug-likeness (QED) is 0.663. The smallest absolute Gasteiger partial charge is 0.203 e. The fourth-order valence-corrected chi connectivity index (χ4v) is 2.17. The molecule has 0 amide bonds. The normalized spacial score (nSPS) is 12.6. The van der Waals surface area contributed by atoms with E-state index in [9.17, 15) is 0 Å². The molecule has 0 aromatic carbocycles. The maximum Gasteiger partial charge on any atom is 0.203 e. The first-order valence-corrected chi connectivity index (χ1v) is 7.00. The number of nitrogens with zero attached hydrogens (tertiary/aromatic N) is 2. The second kappa shape index (κ2) is 8.93. The number of hydrogen-bond acceptors (Lipinski definition) is 4. The molecule has 0 saturated heterocycles. The Bertz CT molecular complexity index is 346. The molecule has 1 atom stereocenters. The van der Waals surface area contributed by atoms with Crippen LogP contribution in [0.4, 0.5) is 5.95 Å². The second-order valence-electron chi connectivity index (χ2n) is 4.78. The van der Waals surface area contributed by atoms with E-state index in [1.165, 1.54) is 0 Å². The van der Waals surface area contributed by atoms with Crippen LogP contribution in [0.3, 0.4) is 0 Å². The summed E-state index contributed by atoms with van der Waals surface area (Å²) < 4.78 is 12.6. The Labute approximate surface area is 116 Å². The van der Waals surface area contributed by atoms with Gasteiger partial charge in [0, 0.05) is 33.6 Å². The summed E-state index contributed by atoms with van der Waals surface area (Å²) in [7, 11) is 3.47. The van der Waals surface area contributed by atoms with Crippen LogP contribution < -0.4 is 5.32 Å². The molecule has 0 aliphatic rings. The van der Waals surface area contributed by atoms with E-state index in [0.717, 1.165) is 50.7 Å². The van der Waals surface area contributed by atoms with Gasteiger partial charge in [-0.3, -0.25) is 0 Å². The molecule has 5 heteroatoms. The highest BCUT2D eigenvalue weighted by Gasteiger charge is 2.15. The zero-order valence-corrected chi connectivity index (χ0v) is 12.6. The third-order valence-corrected chi connectivity index (χ3v) is 3.04. The van der Waals surface area contributed by atoms with Crippen LogP contribution in [0, 0.1) is 6.92 Å². The van der Waals surface area contributed by atoms with E-state index < -0.39 is 0 Å². The van der Waals surface area contributed by atoms with Gasteiger partial charge in [0.15, 0.2) is 0 Å². The molecule has 1 heterocycles. The number of anilines is 1. The van der Waals surface area contributed by atoms with Gasteiger partial charge in [0.2, 0.25) is 5.95 Å². The molecule has 1 unspecified atom stereocenters. The van der Waals surface area contributed by atoms with Crippen molar-refractivity contribution in [1.82, 2.24) is 9.55 Å². The fraction of sp³-hybridized carbons (Fsp3) is 0.786. The van der Waals surface area contributed by atoms with Crippen LogP contribution in [0.2, 0.25) is 0 Å². The van der Waals surface area contributed by atoms with Gasteiger partial charge in [0.05, 0.1) is 18.3 Å². The summed E-state index contributed by atoms with van der Waals surface area (Å²) in [5.41, 5.74) is 1.03. The zero-order valence-electron chi connectivity index (χ0n) is 12.6. The highest BCUT2D eigenvalue weighted by atomic mass is 16.5. The van der Waals surface area contributed by atoms with Crippen molar-refractivity contribution >= 4 is 5.95 Å². The van der Waals surface area contributed by atoms with E-state index in [4.69, 9.17) is 9.47 Å². The second-order valence-corrected chi connectivity index (χ2v) is 4.78. The Hall–Kier alpha value is -1.07. The lowest BCUT2D eigenvalue weighted by molar-refractivity contribution is 0.151. The summed E-state index contributed by atoms with van der Waals surface area (Å²) in [5, 5.41) is 3.38. The molecular weight excluding hydrogens is 242 g/mol. The Kier molecular flexibility index (Phi) is 7.52. The molecule has 0 fully saturated rings. The third-order valence-electron chi connectivity index (χ3n) is 3.04. The summed E-state index contributed by atoms with van der Waals surface area (Å²) >= 11 is 0. The van der Waals surface area contributed by atoms with Gasteiger partial charge in [-0.25, -0.2) is 4.98 Å². The van der Waals surface area contributed by atoms with Gasteiger partial charge >= 0.3 is 0 Å². The molecule has 1 N–H and O–H groups in total. The lowest BCUT2D eigenvalue weighted by Gasteiger charge is -2.19. The van der Waals surface area contributed by atoms with Gasteiger partial charge in [-0.1, -0.05) is 13.3 Å². The highest BCUT2D eigenvalue weighted by Crippen LogP contribution is 2.20. The van der Waals surface area contributed by atoms with E-state index in [2.05, 4.69) is 28.0 Å². The van der Waals surface area contributed by atoms with Gasteiger partial charge in [-0.05, 0) is 19.8 Å². The average Bonchev–Trinajstić information content (AvgIpc) is 2.75. The first kappa shape index (κ1) is 16.0. The van der Waals surface area contributed by atoms with Crippen LogP contribution in [0.15, 0.2) is 6.20 Å². The molecule has 0 spiro atoms. The van der Waals surface area contributed by atoms with E-state index in [1.54, 1.807) is 14.2 Å². The van der Waals surface area contributed by atoms with E-state index in [-0.39, 0.29) is 0 Å². The molecule has 5 nitrogen and oxygen atoms in total. The van der Waals surface area contributed by atoms with Crippen molar-refractivity contribution in [1.29, 1.82) is 0 Å². The summed E-state index contributed by atoms with van der Waals surface area (Å²) in [6.07, 6.45) is 5.30. The molecule has 0 bridgehead atoms. The molecule has 1 aromatic heterocycles. The number of hydrogen-bond donors (Lipinski definition) is 1. The molecular formula is C14H27N3O2. The number of ether oxygens (including phenoxy) is 2. The number of rotatable bonds is 10. The number of methoxy groups -OCH3 is 2. The number of aryl methyl sites for hydroxylation is 1. The summed E-state index contributed by atoms with van der Waals surface area (Å²) in [6.45, 7) is 6.57. The molecule has 1 rings (SSSR count). The SMILES string of the molecule is CCCC(COC)n1cc(C)nc1NCCCOC. The minimum Gasteiger partial charge on any atom is -0.385 e. The lowest BCUT2D eigenvalue weighted by atomic mass is 10.2. The van der Waals surface area contributed by atoms with Gasteiger partial charge < -0.3 is 19.4 Å². The van der Waals surface area contributed by atoms with Gasteiger partial charge in [-0.15, -0.1) is 0 Å². The van der Waals surface area contributed by atoms with Gasteiger partial charge in [0.25, 0.3) is 0 Å². The molecule has 0 aliphatic carbocycles. The third kappa shape index (κ3) is 5.20. The lowest BCUT2D eigenvalue weighted by Crippen LogP contribution is -2.18. The van der Waals surface area contributed by atoms with Crippen LogP contribution in [0.1, 0.15) is 37.9 Å². The predicted molar refractivity (Wildman–Crippen MR) is 77.8 cm³/mol. The van der Waals surface area contributed by atoms with E-state index in [1.807, 2.05) is 6.92 Å². The highest BCUT2D eigenvalue weighted by molar-refractivity contribution is 5.29. The molecule has 0 saturated carbocycles. The van der Waals surface area contributed by atoms with Crippen LogP contribution >= 0.6 is 0 Å². The Morgan fingerprint density at radius 2 is 2.16 bits per heavy atom. The maximum absolute atomic E-state index is 5.32. The average molecular weight is 269 g/mol. The van der Waals surface area contributed by atoms with Crippen molar-refractivity contribution in [3.8, 4) is 0 Å². The Morgan fingerprint density at radius 1 is 1.37 bits per heavy atom. The monoisotopic (exact) mass is 269 g/mol. The Balaban J connectivity index is 2.69. The van der Waals surface area contributed by atoms with Crippen molar-refractivity contribution in [3.63, 3.8) is 0 Å². The van der Waals surface area contributed by atoms with Crippen molar-refractivity contribution in [2.45, 2.75) is 39.2 Å². The van der Waals surface area contributed by atoms with Crippen molar-refractivity contribution in [2.75, 3.05) is 39.3 Å². The first-order chi connectivity index (χ1) is 9.22. The minimum absolute atomic E-state index is 0.348. The largest absolute Gasteiger partial charge is 0.385 e. The van der Waals surface area contributed by atoms with Crippen molar-refractivity contribution < 1.29 is 9.47 Å². The van der Waals surface area contributed by atoms with Crippen molar-refractivity contribution in [3.05, 3.63) is 11.9 Å². The molecule has 0 aliphatic heterocycles. The molecule has 110 valence electrons. The van der Waals surface area contributed by atoms with E-state index >= 15 is 0 Å². The molecule has 1 aromatic rings. The van der Waals surface area contributed by atoms with Crippen LogP contribution in [0.25, 0.3) is 0 Å². The number of aromatic nitrogens is 2. The topological polar surface area (TPSA) is 48.3 Å². The summed E-state index contributed by atoms with van der Waals surface area (Å²) in [4.78, 5) is 4.55. The maximum atomic E-state index is 5.32. The molecule has 19 heavy (non-hydrogen) atoms. The van der Waals surface area contributed by atoms with Crippen LogP contribution in [0.5, 0.6) is 0 Å². The van der Waals surface area contributed by atoms with Gasteiger partial charge in [-0.2, -0.15) is 0 Å². The Morgan fingerprint density at radius 3 is 2.79 bits per heavy atom. The zero-order chi connectivity index (χ0) is 14.1. The fourth-order valence-electron chi connectivity index (χ4n) is 2.17. The van der Waals surface area contributed by atoms with Crippen LogP contribution in [-0.4, -0.2) is 43.5 Å². The number of imidazole rings is 1. The first-order valence-electron chi connectivity index (χ1n) is 7.00.